The second-order valence-electron chi connectivity index (χ2n) is 4.87. The van der Waals surface area contributed by atoms with Gasteiger partial charge in [0.2, 0.25) is 0 Å². The van der Waals surface area contributed by atoms with E-state index in [1.807, 2.05) is 6.07 Å². The molecule has 2 aromatic heterocycles. The fourth-order valence-corrected chi connectivity index (χ4v) is 2.26. The van der Waals surface area contributed by atoms with Crippen LogP contribution in [0, 0.1) is 0 Å². The molecular formula is C16H19ClN4O3. The smallest absolute Gasteiger partial charge is 0.361 e. The largest absolute Gasteiger partial charge is 0.495 e. The number of aromatic nitrogens is 3. The number of methoxy groups -OCH3 is 1. The second-order valence-corrected chi connectivity index (χ2v) is 5.26. The molecule has 0 amide bonds. The van der Waals surface area contributed by atoms with Crippen LogP contribution in [0.5, 0.6) is 5.75 Å². The minimum atomic E-state index is -0.577. The lowest BCUT2D eigenvalue weighted by atomic mass is 10.2. The third-order valence-corrected chi connectivity index (χ3v) is 3.32. The molecule has 0 spiro atoms. The zero-order valence-electron chi connectivity index (χ0n) is 13.8. The number of nitrogens with zero attached hydrogens (tertiary/aromatic N) is 3. The summed E-state index contributed by atoms with van der Waals surface area (Å²) in [6, 6.07) is 5.08. The average Bonchev–Trinajstić information content (AvgIpc) is 2.56. The minimum absolute atomic E-state index is 0.0518. The average molecular weight is 351 g/mol. The molecule has 2 aromatic rings. The third-order valence-electron chi connectivity index (χ3n) is 3.13. The summed E-state index contributed by atoms with van der Waals surface area (Å²) in [5.41, 5.74) is 1.26. The Hall–Kier alpha value is -2.41. The monoisotopic (exact) mass is 350 g/mol. The summed E-state index contributed by atoms with van der Waals surface area (Å²) >= 11 is 5.89. The predicted molar refractivity (Wildman–Crippen MR) is 91.1 cm³/mol. The van der Waals surface area contributed by atoms with Crippen LogP contribution >= 0.6 is 11.6 Å². The van der Waals surface area contributed by atoms with Crippen LogP contribution in [-0.2, 0) is 11.2 Å². The van der Waals surface area contributed by atoms with Gasteiger partial charge >= 0.3 is 5.97 Å². The predicted octanol–water partition coefficient (Wildman–Crippen LogP) is 3.41. The molecule has 0 unspecified atom stereocenters. The highest BCUT2D eigenvalue weighted by molar-refractivity contribution is 6.29. The molecule has 1 N–H and O–H groups in total. The summed E-state index contributed by atoms with van der Waals surface area (Å²) in [7, 11) is 1.61. The van der Waals surface area contributed by atoms with Crippen molar-refractivity contribution in [1.82, 2.24) is 15.2 Å². The van der Waals surface area contributed by atoms with Gasteiger partial charge in [-0.15, -0.1) is 10.2 Å². The molecule has 128 valence electrons. The van der Waals surface area contributed by atoms with Gasteiger partial charge in [0.1, 0.15) is 11.6 Å². The van der Waals surface area contributed by atoms with Gasteiger partial charge in [0.15, 0.2) is 10.8 Å². The first-order valence-corrected chi connectivity index (χ1v) is 7.98. The van der Waals surface area contributed by atoms with Crippen LogP contribution in [0.2, 0.25) is 5.15 Å². The number of esters is 1. The van der Waals surface area contributed by atoms with Gasteiger partial charge in [-0.2, -0.15) is 0 Å². The van der Waals surface area contributed by atoms with Gasteiger partial charge in [-0.1, -0.05) is 24.9 Å². The van der Waals surface area contributed by atoms with Crippen LogP contribution < -0.4 is 10.1 Å². The first-order chi connectivity index (χ1) is 11.6. The van der Waals surface area contributed by atoms with Crippen molar-refractivity contribution in [2.24, 2.45) is 0 Å². The van der Waals surface area contributed by atoms with Crippen LogP contribution in [0.3, 0.4) is 0 Å². The van der Waals surface area contributed by atoms with E-state index in [4.69, 9.17) is 21.1 Å². The van der Waals surface area contributed by atoms with Crippen molar-refractivity contribution in [3.8, 4) is 5.75 Å². The molecule has 0 radical (unpaired) electrons. The summed E-state index contributed by atoms with van der Waals surface area (Å²) in [5, 5.41) is 10.7. The fourth-order valence-electron chi connectivity index (χ4n) is 2.11. The van der Waals surface area contributed by atoms with E-state index in [-0.39, 0.29) is 17.5 Å². The number of carbonyl (C=O) groups is 1. The van der Waals surface area contributed by atoms with Crippen LogP contribution in [0.25, 0.3) is 0 Å². The highest BCUT2D eigenvalue weighted by Crippen LogP contribution is 2.25. The van der Waals surface area contributed by atoms with Gasteiger partial charge in [0, 0.05) is 6.07 Å². The number of hydrogen-bond donors (Lipinski definition) is 1. The first-order valence-electron chi connectivity index (χ1n) is 7.60. The van der Waals surface area contributed by atoms with E-state index in [0.717, 1.165) is 24.3 Å². The Labute approximate surface area is 145 Å². The van der Waals surface area contributed by atoms with Crippen LogP contribution in [-0.4, -0.2) is 34.9 Å². The van der Waals surface area contributed by atoms with Gasteiger partial charge in [0.05, 0.1) is 25.1 Å². The molecule has 2 heterocycles. The zero-order chi connectivity index (χ0) is 17.5. The number of pyridine rings is 1. The van der Waals surface area contributed by atoms with Gasteiger partial charge in [-0.3, -0.25) is 0 Å². The Kier molecular flexibility index (Phi) is 6.31. The summed E-state index contributed by atoms with van der Waals surface area (Å²) in [6.45, 7) is 4.02. The van der Waals surface area contributed by atoms with Crippen LogP contribution in [0.4, 0.5) is 11.5 Å². The topological polar surface area (TPSA) is 86.2 Å². The minimum Gasteiger partial charge on any atom is -0.495 e. The number of carbonyl (C=O) groups excluding carboxylic acids is 1. The summed E-state index contributed by atoms with van der Waals surface area (Å²) in [4.78, 5) is 16.5. The molecule has 0 aromatic carbocycles. The van der Waals surface area contributed by atoms with E-state index >= 15 is 0 Å². The van der Waals surface area contributed by atoms with Gasteiger partial charge < -0.3 is 14.8 Å². The Morgan fingerprint density at radius 1 is 1.29 bits per heavy atom. The highest BCUT2D eigenvalue weighted by Gasteiger charge is 2.17. The molecule has 0 fully saturated rings. The maximum atomic E-state index is 12.0. The maximum Gasteiger partial charge on any atom is 0.361 e. The molecule has 0 atom stereocenters. The third kappa shape index (κ3) is 4.32. The molecule has 2 rings (SSSR count). The van der Waals surface area contributed by atoms with Crippen LogP contribution in [0.1, 0.15) is 36.5 Å². The number of aryl methyl sites for hydroxylation is 1. The van der Waals surface area contributed by atoms with E-state index in [1.54, 1.807) is 20.1 Å². The molecule has 7 nitrogen and oxygen atoms in total. The molecule has 0 aliphatic carbocycles. The first kappa shape index (κ1) is 17.9. The Morgan fingerprint density at radius 2 is 2.08 bits per heavy atom. The molecular weight excluding hydrogens is 332 g/mol. The van der Waals surface area contributed by atoms with E-state index in [9.17, 15) is 4.79 Å². The van der Waals surface area contributed by atoms with E-state index in [2.05, 4.69) is 27.4 Å². The number of nitrogens with one attached hydrogen (secondary N) is 1. The Bertz CT molecular complexity index is 724. The van der Waals surface area contributed by atoms with Crippen molar-refractivity contribution in [2.45, 2.75) is 26.7 Å². The number of halogens is 1. The van der Waals surface area contributed by atoms with Crippen molar-refractivity contribution in [1.29, 1.82) is 0 Å². The standard InChI is InChI=1S/C16H19ClN4O3/c1-4-6-10-12(23-3)7-8-14(18-10)19-11-9-13(17)20-21-15(11)16(22)24-5-2/h7-9H,4-6H2,1-3H3,(H,18,19,20). The highest BCUT2D eigenvalue weighted by atomic mass is 35.5. The normalized spacial score (nSPS) is 10.3. The van der Waals surface area contributed by atoms with Crippen molar-refractivity contribution in [3.05, 3.63) is 34.7 Å². The van der Waals surface area contributed by atoms with Crippen molar-refractivity contribution in [2.75, 3.05) is 19.0 Å². The lowest BCUT2D eigenvalue weighted by Crippen LogP contribution is -2.12. The molecule has 24 heavy (non-hydrogen) atoms. The Morgan fingerprint density at radius 3 is 2.75 bits per heavy atom. The van der Waals surface area contributed by atoms with Crippen molar-refractivity contribution in [3.63, 3.8) is 0 Å². The number of anilines is 2. The molecule has 0 bridgehead atoms. The quantitative estimate of drug-likeness (QED) is 0.765. The summed E-state index contributed by atoms with van der Waals surface area (Å²) in [6.07, 6.45) is 1.71. The second kappa shape index (κ2) is 8.44. The summed E-state index contributed by atoms with van der Waals surface area (Å²) in [5.74, 6) is 0.694. The van der Waals surface area contributed by atoms with Gasteiger partial charge in [-0.25, -0.2) is 9.78 Å². The van der Waals surface area contributed by atoms with Crippen molar-refractivity contribution >= 4 is 29.1 Å². The lowest BCUT2D eigenvalue weighted by molar-refractivity contribution is 0.0519. The van der Waals surface area contributed by atoms with Crippen molar-refractivity contribution < 1.29 is 14.3 Å². The number of ether oxygens (including phenoxy) is 2. The molecule has 0 saturated heterocycles. The van der Waals surface area contributed by atoms with E-state index in [0.29, 0.717) is 11.5 Å². The maximum absolute atomic E-state index is 12.0. The Balaban J connectivity index is 2.35. The van der Waals surface area contributed by atoms with Crippen LogP contribution in [0.15, 0.2) is 18.2 Å². The molecule has 8 heteroatoms. The molecule has 0 aliphatic rings. The fraction of sp³-hybridized carbons (Fsp3) is 0.375. The van der Waals surface area contributed by atoms with E-state index in [1.165, 1.54) is 6.07 Å². The number of rotatable bonds is 7. The van der Waals surface area contributed by atoms with E-state index < -0.39 is 5.97 Å². The van der Waals surface area contributed by atoms with Gasteiger partial charge in [0.25, 0.3) is 0 Å². The zero-order valence-corrected chi connectivity index (χ0v) is 14.6. The molecule has 0 saturated carbocycles. The molecule has 0 aliphatic heterocycles. The SMILES string of the molecule is CCCc1nc(Nc2cc(Cl)nnc2C(=O)OCC)ccc1OC. The number of hydrogen-bond acceptors (Lipinski definition) is 7. The summed E-state index contributed by atoms with van der Waals surface area (Å²) < 4.78 is 10.3. The lowest BCUT2D eigenvalue weighted by Gasteiger charge is -2.12. The van der Waals surface area contributed by atoms with Gasteiger partial charge in [-0.05, 0) is 25.5 Å².